The van der Waals surface area contributed by atoms with Crippen LogP contribution >= 0.6 is 15.6 Å². The van der Waals surface area contributed by atoms with Crippen LogP contribution in [0, 0.1) is 10.8 Å². The monoisotopic (exact) mass is 404 g/mol. The highest BCUT2D eigenvalue weighted by molar-refractivity contribution is 7.61. The molecule has 0 aromatic heterocycles. The van der Waals surface area contributed by atoms with Gasteiger partial charge >= 0.3 is 15.6 Å². The van der Waals surface area contributed by atoms with Gasteiger partial charge in [0.25, 0.3) is 0 Å². The molecule has 0 fully saturated rings. The average Bonchev–Trinajstić information content (AvgIpc) is 2.42. The molecule has 0 aromatic rings. The minimum absolute atomic E-state index is 0.0737. The summed E-state index contributed by atoms with van der Waals surface area (Å²) in [4.78, 5) is 30.6. The van der Waals surface area contributed by atoms with E-state index in [1.807, 2.05) is 20.8 Å². The highest BCUT2D eigenvalue weighted by Crippen LogP contribution is 2.60. The minimum atomic E-state index is -4.90. The molecule has 0 heterocycles. The van der Waals surface area contributed by atoms with Crippen molar-refractivity contribution in [1.82, 2.24) is 0 Å². The van der Waals surface area contributed by atoms with E-state index >= 15 is 0 Å². The van der Waals surface area contributed by atoms with Gasteiger partial charge in [-0.15, -0.1) is 0 Å². The van der Waals surface area contributed by atoms with Gasteiger partial charge in [-0.3, -0.25) is 13.8 Å². The van der Waals surface area contributed by atoms with Gasteiger partial charge in [0.15, 0.2) is 5.78 Å². The molecule has 0 spiro atoms. The van der Waals surface area contributed by atoms with Gasteiger partial charge in [0.05, 0.1) is 6.61 Å². The van der Waals surface area contributed by atoms with Gasteiger partial charge in [-0.25, -0.2) is 9.13 Å². The van der Waals surface area contributed by atoms with E-state index in [0.29, 0.717) is 6.42 Å². The highest BCUT2D eigenvalue weighted by Gasteiger charge is 2.39. The number of carbonyl (C=O) groups excluding carboxylic acids is 1. The van der Waals surface area contributed by atoms with Gasteiger partial charge in [0.1, 0.15) is 6.10 Å². The maximum absolute atomic E-state index is 12.1. The zero-order valence-electron chi connectivity index (χ0n) is 15.6. The summed E-state index contributed by atoms with van der Waals surface area (Å²) < 4.78 is 35.5. The summed E-state index contributed by atoms with van der Waals surface area (Å²) in [5.41, 5.74) is -1.13. The predicted octanol–water partition coefficient (Wildman–Crippen LogP) is 3.04. The summed E-state index contributed by atoms with van der Waals surface area (Å²) >= 11 is 0. The number of hydrogen-bond donors (Lipinski definition) is 3. The Balaban J connectivity index is 4.66. The molecule has 0 aliphatic rings. The SMILES string of the molecule is COP(=O)(O)OP(=O)(O)OCC(C)(C)C(O)C(=O)CCCC(C)(C)C. The molecule has 3 unspecified atom stereocenters. The van der Waals surface area contributed by atoms with Crippen molar-refractivity contribution in [2.45, 2.75) is 60.0 Å². The molecule has 150 valence electrons. The van der Waals surface area contributed by atoms with Crippen molar-refractivity contribution in [2.75, 3.05) is 13.7 Å². The molecule has 11 heteroatoms. The molecular formula is C14H30O9P2. The Morgan fingerprint density at radius 2 is 1.60 bits per heavy atom. The first-order valence-electron chi connectivity index (χ1n) is 7.79. The van der Waals surface area contributed by atoms with Crippen LogP contribution in [0.2, 0.25) is 0 Å². The first-order chi connectivity index (χ1) is 11.0. The normalized spacial score (nSPS) is 19.1. The number of Topliss-reactive ketones (excluding diaryl/α,β-unsaturated/α-hetero) is 1. The molecule has 0 bridgehead atoms. The lowest BCUT2D eigenvalue weighted by atomic mass is 9.83. The standard InChI is InChI=1S/C14H30O9P2/c1-13(2,3)9-7-8-11(15)12(16)14(4,5)10-22-25(19,20)23-24(17,18)21-6/h12,16H,7-10H2,1-6H3,(H,17,18)(H,19,20). The number of aliphatic hydroxyl groups is 1. The lowest BCUT2D eigenvalue weighted by Crippen LogP contribution is -2.39. The van der Waals surface area contributed by atoms with Crippen LogP contribution in [-0.4, -0.2) is 40.5 Å². The zero-order chi connectivity index (χ0) is 20.1. The van der Waals surface area contributed by atoms with Crippen LogP contribution in [0.1, 0.15) is 53.9 Å². The number of hydrogen-bond acceptors (Lipinski definition) is 7. The fourth-order valence-electron chi connectivity index (χ4n) is 1.88. The number of phosphoric acid groups is 2. The van der Waals surface area contributed by atoms with E-state index in [9.17, 15) is 23.9 Å². The van der Waals surface area contributed by atoms with E-state index < -0.39 is 39.6 Å². The van der Waals surface area contributed by atoms with Crippen LogP contribution in [0.25, 0.3) is 0 Å². The van der Waals surface area contributed by atoms with Crippen molar-refractivity contribution < 1.29 is 42.2 Å². The van der Waals surface area contributed by atoms with Gasteiger partial charge in [-0.1, -0.05) is 34.6 Å². The Bertz CT molecular complexity index is 539. The molecular weight excluding hydrogens is 374 g/mol. The van der Waals surface area contributed by atoms with Gasteiger partial charge in [-0.05, 0) is 18.3 Å². The topological polar surface area (TPSA) is 140 Å². The summed E-state index contributed by atoms with van der Waals surface area (Å²) in [6, 6.07) is 0. The number of carbonyl (C=O) groups is 1. The van der Waals surface area contributed by atoms with Crippen LogP contribution in [0.4, 0.5) is 0 Å². The summed E-state index contributed by atoms with van der Waals surface area (Å²) in [5, 5.41) is 10.2. The summed E-state index contributed by atoms with van der Waals surface area (Å²) in [6.45, 7) is 8.53. The van der Waals surface area contributed by atoms with Gasteiger partial charge in [0.2, 0.25) is 0 Å². The molecule has 0 saturated carbocycles. The molecule has 9 nitrogen and oxygen atoms in total. The fraction of sp³-hybridized carbons (Fsp3) is 0.929. The fourth-order valence-corrected chi connectivity index (χ4v) is 3.87. The van der Waals surface area contributed by atoms with E-state index in [0.717, 1.165) is 13.5 Å². The third kappa shape index (κ3) is 10.6. The van der Waals surface area contributed by atoms with Crippen LogP contribution in [0.15, 0.2) is 0 Å². The van der Waals surface area contributed by atoms with Gasteiger partial charge in [0, 0.05) is 18.9 Å². The van der Waals surface area contributed by atoms with E-state index in [1.54, 1.807) is 0 Å². The van der Waals surface area contributed by atoms with Crippen LogP contribution in [0.3, 0.4) is 0 Å². The molecule has 0 aromatic carbocycles. The Labute approximate surface area is 148 Å². The van der Waals surface area contributed by atoms with Crippen molar-refractivity contribution in [2.24, 2.45) is 10.8 Å². The number of aliphatic hydroxyl groups excluding tert-OH is 1. The maximum atomic E-state index is 12.1. The smallest absolute Gasteiger partial charge is 0.385 e. The molecule has 3 N–H and O–H groups in total. The Hall–Kier alpha value is -0.110. The van der Waals surface area contributed by atoms with E-state index in [2.05, 4.69) is 13.4 Å². The molecule has 3 atom stereocenters. The molecule has 0 saturated heterocycles. The Morgan fingerprint density at radius 3 is 2.04 bits per heavy atom. The van der Waals surface area contributed by atoms with Gasteiger partial charge < -0.3 is 14.9 Å². The first-order valence-corrected chi connectivity index (χ1v) is 10.8. The largest absolute Gasteiger partial charge is 0.481 e. The summed E-state index contributed by atoms with van der Waals surface area (Å²) in [5.74, 6) is -0.406. The second-order valence-electron chi connectivity index (χ2n) is 7.75. The minimum Gasteiger partial charge on any atom is -0.385 e. The number of phosphoric ester groups is 2. The van der Waals surface area contributed by atoms with E-state index in [1.165, 1.54) is 13.8 Å². The predicted molar refractivity (Wildman–Crippen MR) is 91.8 cm³/mol. The molecule has 0 amide bonds. The molecule has 0 rings (SSSR count). The van der Waals surface area contributed by atoms with Crippen molar-refractivity contribution in [1.29, 1.82) is 0 Å². The second-order valence-corrected chi connectivity index (χ2v) is 10.9. The lowest BCUT2D eigenvalue weighted by Gasteiger charge is -2.30. The third-order valence-corrected chi connectivity index (χ3v) is 6.00. The zero-order valence-corrected chi connectivity index (χ0v) is 17.4. The Morgan fingerprint density at radius 1 is 1.08 bits per heavy atom. The van der Waals surface area contributed by atoms with Crippen molar-refractivity contribution in [3.63, 3.8) is 0 Å². The molecule has 0 aliphatic heterocycles. The average molecular weight is 404 g/mol. The van der Waals surface area contributed by atoms with Crippen LogP contribution in [-0.2, 0) is 27.3 Å². The van der Waals surface area contributed by atoms with E-state index in [4.69, 9.17) is 4.89 Å². The van der Waals surface area contributed by atoms with E-state index in [-0.39, 0.29) is 11.8 Å². The van der Waals surface area contributed by atoms with Crippen LogP contribution < -0.4 is 0 Å². The molecule has 25 heavy (non-hydrogen) atoms. The third-order valence-electron chi connectivity index (χ3n) is 3.43. The number of ketones is 1. The first kappa shape index (κ1) is 24.9. The Kier molecular flexibility index (Phi) is 9.16. The number of rotatable bonds is 11. The van der Waals surface area contributed by atoms with Gasteiger partial charge in [-0.2, -0.15) is 4.31 Å². The molecule has 0 radical (unpaired) electrons. The lowest BCUT2D eigenvalue weighted by molar-refractivity contribution is -0.134. The quantitative estimate of drug-likeness (QED) is 0.443. The second kappa shape index (κ2) is 9.20. The van der Waals surface area contributed by atoms with Crippen molar-refractivity contribution in [3.8, 4) is 0 Å². The van der Waals surface area contributed by atoms with Crippen LogP contribution in [0.5, 0.6) is 0 Å². The molecule has 0 aliphatic carbocycles. The highest BCUT2D eigenvalue weighted by atomic mass is 31.3. The van der Waals surface area contributed by atoms with Crippen molar-refractivity contribution >= 4 is 21.4 Å². The van der Waals surface area contributed by atoms with Crippen molar-refractivity contribution in [3.05, 3.63) is 0 Å². The summed E-state index contributed by atoms with van der Waals surface area (Å²) in [7, 11) is -8.79. The maximum Gasteiger partial charge on any atom is 0.481 e. The summed E-state index contributed by atoms with van der Waals surface area (Å²) in [6.07, 6.45) is 0.172.